The minimum absolute atomic E-state index is 0.0415. The van der Waals surface area contributed by atoms with E-state index in [0.29, 0.717) is 12.2 Å². The Morgan fingerprint density at radius 1 is 1.29 bits per heavy atom. The molecule has 1 atom stereocenters. The van der Waals surface area contributed by atoms with Crippen molar-refractivity contribution >= 4 is 21.6 Å². The van der Waals surface area contributed by atoms with E-state index in [-0.39, 0.29) is 10.5 Å². The van der Waals surface area contributed by atoms with Gasteiger partial charge in [0, 0.05) is 17.5 Å². The van der Waals surface area contributed by atoms with Crippen LogP contribution in [0.3, 0.4) is 0 Å². The lowest BCUT2D eigenvalue weighted by molar-refractivity contribution is -0.136. The average molecular weight is 356 g/mol. The van der Waals surface area contributed by atoms with Crippen molar-refractivity contribution in [1.29, 1.82) is 0 Å². The third-order valence-corrected chi connectivity index (χ3v) is 5.93. The number of carbonyl (C=O) groups is 1. The van der Waals surface area contributed by atoms with Crippen LogP contribution >= 0.6 is 0 Å². The van der Waals surface area contributed by atoms with Crippen LogP contribution in [-0.2, 0) is 20.5 Å². The molecule has 1 aliphatic rings. The number of nitrogens with one attached hydrogen (secondary N) is 1. The highest BCUT2D eigenvalue weighted by Gasteiger charge is 2.58. The zero-order valence-corrected chi connectivity index (χ0v) is 15.6. The van der Waals surface area contributed by atoms with Gasteiger partial charge in [0.25, 0.3) is 5.91 Å². The van der Waals surface area contributed by atoms with Gasteiger partial charge in [-0.1, -0.05) is 34.1 Å². The molecule has 1 N–H and O–H groups in total. The first kappa shape index (κ1) is 18.9. The Bertz CT molecular complexity index is 756. The molecule has 0 radical (unpaired) electrons. The van der Waals surface area contributed by atoms with Gasteiger partial charge in [-0.15, -0.1) is 0 Å². The number of alkyl halides is 1. The molecular weight excluding hydrogens is 331 g/mol. The summed E-state index contributed by atoms with van der Waals surface area (Å²) in [7, 11) is -2.41. The quantitative estimate of drug-likeness (QED) is 0.882. The molecule has 1 aliphatic heterocycles. The van der Waals surface area contributed by atoms with E-state index in [9.17, 15) is 13.2 Å². The summed E-state index contributed by atoms with van der Waals surface area (Å²) in [6.45, 7) is 7.37. The number of sulfonamides is 1. The number of halogens is 1. The number of carbonyl (C=O) groups excluding carboxylic acids is 1. The summed E-state index contributed by atoms with van der Waals surface area (Å²) in [6, 6.07) is 4.22. The number of unbranched alkanes of at least 4 members (excludes halogenated alkanes) is 1. The largest absolute Gasteiger partial charge is 0.309 e. The van der Waals surface area contributed by atoms with E-state index in [1.807, 2.05) is 6.92 Å². The van der Waals surface area contributed by atoms with Crippen LogP contribution in [0.1, 0.15) is 46.1 Å². The van der Waals surface area contributed by atoms with Crippen molar-refractivity contribution in [1.82, 2.24) is 4.72 Å². The first-order valence-corrected chi connectivity index (χ1v) is 9.58. The molecule has 24 heavy (non-hydrogen) atoms. The Morgan fingerprint density at radius 2 is 1.92 bits per heavy atom. The van der Waals surface area contributed by atoms with Crippen molar-refractivity contribution in [3.8, 4) is 0 Å². The molecule has 0 fully saturated rings. The number of rotatable bonds is 5. The van der Waals surface area contributed by atoms with Crippen molar-refractivity contribution in [2.75, 3.05) is 18.5 Å². The van der Waals surface area contributed by atoms with Crippen LogP contribution in [0.5, 0.6) is 0 Å². The molecule has 0 spiro atoms. The second kappa shape index (κ2) is 6.11. The molecule has 1 aromatic carbocycles. The van der Waals surface area contributed by atoms with E-state index in [2.05, 4.69) is 4.72 Å². The second-order valence-corrected chi connectivity index (χ2v) is 8.99. The van der Waals surface area contributed by atoms with Crippen LogP contribution in [0.4, 0.5) is 10.1 Å². The predicted molar refractivity (Wildman–Crippen MR) is 92.2 cm³/mol. The van der Waals surface area contributed by atoms with Gasteiger partial charge in [0.1, 0.15) is 0 Å². The Morgan fingerprint density at radius 3 is 2.42 bits per heavy atom. The standard InChI is InChI=1S/C17H25FN2O3S/c1-6-7-10-20-14-9-8-12(24(22,23)19-5)11-13(14)17(18,15(20)21)16(2,3)4/h8-9,11,19H,6-7,10H2,1-5H3. The maximum absolute atomic E-state index is 15.9. The first-order valence-electron chi connectivity index (χ1n) is 8.09. The smallest absolute Gasteiger partial charge is 0.270 e. The van der Waals surface area contributed by atoms with Crippen LogP contribution in [0.25, 0.3) is 0 Å². The zero-order chi connectivity index (χ0) is 18.3. The van der Waals surface area contributed by atoms with Crippen LogP contribution in [0.2, 0.25) is 0 Å². The van der Waals surface area contributed by atoms with Crippen molar-refractivity contribution in [2.45, 2.75) is 51.1 Å². The number of hydrogen-bond donors (Lipinski definition) is 1. The van der Waals surface area contributed by atoms with Gasteiger partial charge in [-0.25, -0.2) is 17.5 Å². The summed E-state index contributed by atoms with van der Waals surface area (Å²) in [5.41, 5.74) is -2.66. The minimum Gasteiger partial charge on any atom is -0.309 e. The fraction of sp³-hybridized carbons (Fsp3) is 0.588. The SMILES string of the molecule is CCCCN1C(=O)C(F)(C(C)(C)C)c2cc(S(=O)(=O)NC)ccc21. The third-order valence-electron chi connectivity index (χ3n) is 4.52. The van der Waals surface area contributed by atoms with Crippen LogP contribution in [-0.4, -0.2) is 27.9 Å². The summed E-state index contributed by atoms with van der Waals surface area (Å²) in [5.74, 6) is -0.613. The maximum Gasteiger partial charge on any atom is 0.270 e. The van der Waals surface area contributed by atoms with Gasteiger partial charge < -0.3 is 4.90 Å². The van der Waals surface area contributed by atoms with Crippen LogP contribution in [0.15, 0.2) is 23.1 Å². The molecule has 7 heteroatoms. The van der Waals surface area contributed by atoms with Gasteiger partial charge in [0.2, 0.25) is 15.7 Å². The van der Waals surface area contributed by atoms with Gasteiger partial charge in [0.05, 0.1) is 10.6 Å². The summed E-state index contributed by atoms with van der Waals surface area (Å²) in [4.78, 5) is 14.3. The lowest BCUT2D eigenvalue weighted by Gasteiger charge is -2.33. The fourth-order valence-corrected chi connectivity index (χ4v) is 3.74. The number of hydrogen-bond acceptors (Lipinski definition) is 3. The van der Waals surface area contributed by atoms with E-state index in [1.54, 1.807) is 20.8 Å². The van der Waals surface area contributed by atoms with Gasteiger partial charge in [0.15, 0.2) is 0 Å². The lowest BCUT2D eigenvalue weighted by Crippen LogP contribution is -2.46. The Balaban J connectivity index is 2.69. The zero-order valence-electron chi connectivity index (χ0n) is 14.8. The predicted octanol–water partition coefficient (Wildman–Crippen LogP) is 2.95. The summed E-state index contributed by atoms with van der Waals surface area (Å²) < 4.78 is 42.3. The summed E-state index contributed by atoms with van der Waals surface area (Å²) >= 11 is 0. The average Bonchev–Trinajstić information content (AvgIpc) is 2.74. The summed E-state index contributed by atoms with van der Waals surface area (Å²) in [5, 5.41) is 0. The molecule has 5 nitrogen and oxygen atoms in total. The molecule has 1 heterocycles. The van der Waals surface area contributed by atoms with Crippen LogP contribution in [0, 0.1) is 5.41 Å². The van der Waals surface area contributed by atoms with Gasteiger partial charge >= 0.3 is 0 Å². The molecule has 0 aliphatic carbocycles. The molecule has 1 aromatic rings. The van der Waals surface area contributed by atoms with E-state index >= 15 is 4.39 Å². The Hall–Kier alpha value is -1.47. The maximum atomic E-state index is 15.9. The molecule has 0 saturated carbocycles. The Kier molecular flexibility index (Phi) is 4.80. The van der Waals surface area contributed by atoms with E-state index in [1.165, 1.54) is 30.1 Å². The van der Waals surface area contributed by atoms with Gasteiger partial charge in [-0.3, -0.25) is 4.79 Å². The molecule has 2 rings (SSSR count). The van der Waals surface area contributed by atoms with Crippen molar-refractivity contribution in [3.63, 3.8) is 0 Å². The fourth-order valence-electron chi connectivity index (χ4n) is 2.99. The normalized spacial score (nSPS) is 21.2. The van der Waals surface area contributed by atoms with E-state index in [0.717, 1.165) is 12.8 Å². The van der Waals surface area contributed by atoms with E-state index in [4.69, 9.17) is 0 Å². The first-order chi connectivity index (χ1) is 11.0. The molecule has 0 bridgehead atoms. The van der Waals surface area contributed by atoms with Crippen molar-refractivity contribution < 1.29 is 17.6 Å². The highest BCUT2D eigenvalue weighted by atomic mass is 32.2. The van der Waals surface area contributed by atoms with Crippen LogP contribution < -0.4 is 9.62 Å². The third kappa shape index (κ3) is 2.73. The van der Waals surface area contributed by atoms with Gasteiger partial charge in [-0.2, -0.15) is 0 Å². The molecule has 1 amide bonds. The molecule has 0 saturated heterocycles. The van der Waals surface area contributed by atoms with Crippen molar-refractivity contribution in [3.05, 3.63) is 23.8 Å². The topological polar surface area (TPSA) is 66.5 Å². The molecule has 134 valence electrons. The highest BCUT2D eigenvalue weighted by Crippen LogP contribution is 2.53. The highest BCUT2D eigenvalue weighted by molar-refractivity contribution is 7.89. The van der Waals surface area contributed by atoms with Crippen molar-refractivity contribution in [2.24, 2.45) is 5.41 Å². The molecular formula is C17H25FN2O3S. The number of nitrogens with zero attached hydrogens (tertiary/aromatic N) is 1. The summed E-state index contributed by atoms with van der Waals surface area (Å²) in [6.07, 6.45) is 1.63. The number of benzene rings is 1. The molecule has 0 aromatic heterocycles. The van der Waals surface area contributed by atoms with E-state index < -0.39 is 27.0 Å². The number of fused-ring (bicyclic) bond motifs is 1. The molecule has 1 unspecified atom stereocenters. The second-order valence-electron chi connectivity index (χ2n) is 7.11. The lowest BCUT2D eigenvalue weighted by atomic mass is 9.74. The van der Waals surface area contributed by atoms with Gasteiger partial charge in [-0.05, 0) is 31.7 Å². The number of anilines is 1. The Labute approximate surface area is 143 Å². The number of amides is 1. The monoisotopic (exact) mass is 356 g/mol. The minimum atomic E-state index is -3.71.